The number of nitrogens with two attached hydrogens (primary N) is 1. The average molecular weight is 305 g/mol. The minimum Gasteiger partial charge on any atom is -0.384 e. The highest BCUT2D eigenvalue weighted by Crippen LogP contribution is 2.18. The first-order valence-corrected chi connectivity index (χ1v) is 7.72. The number of nitrogens with one attached hydrogen (secondary N) is 1. The molecular formula is C13H15N5O2S. The third kappa shape index (κ3) is 3.14. The van der Waals surface area contributed by atoms with Crippen LogP contribution in [0.5, 0.6) is 0 Å². The van der Waals surface area contributed by atoms with E-state index in [0.717, 1.165) is 11.4 Å². The summed E-state index contributed by atoms with van der Waals surface area (Å²) in [5.41, 5.74) is 7.71. The lowest BCUT2D eigenvalue weighted by atomic mass is 10.3. The third-order valence-corrected chi connectivity index (χ3v) is 4.43. The summed E-state index contributed by atoms with van der Waals surface area (Å²) in [6, 6.07) is 10.00. The fraction of sp³-hybridized carbons (Fsp3) is 0.231. The smallest absolute Gasteiger partial charge is 0.248 e. The van der Waals surface area contributed by atoms with Crippen LogP contribution in [0.4, 0.5) is 11.5 Å². The Morgan fingerprint density at radius 1 is 1.38 bits per heavy atom. The Bertz CT molecular complexity index is 787. The van der Waals surface area contributed by atoms with Crippen molar-refractivity contribution in [1.29, 1.82) is 5.26 Å². The van der Waals surface area contributed by atoms with Gasteiger partial charge in [-0.2, -0.15) is 10.4 Å². The highest BCUT2D eigenvalue weighted by Gasteiger charge is 2.19. The van der Waals surface area contributed by atoms with Crippen molar-refractivity contribution < 1.29 is 8.42 Å². The van der Waals surface area contributed by atoms with Crippen LogP contribution in [0.1, 0.15) is 12.6 Å². The molecule has 2 aromatic rings. The molecule has 7 nitrogen and oxygen atoms in total. The SMILES string of the molecule is Cc1cc(N)n(-c2ccc(NS(=O)(=O)C(C)C#N)cc2)n1. The number of anilines is 2. The third-order valence-electron chi connectivity index (χ3n) is 2.88. The molecule has 1 aromatic heterocycles. The molecule has 8 heteroatoms. The molecule has 0 radical (unpaired) electrons. The Morgan fingerprint density at radius 3 is 2.48 bits per heavy atom. The van der Waals surface area contributed by atoms with E-state index in [-0.39, 0.29) is 0 Å². The summed E-state index contributed by atoms with van der Waals surface area (Å²) in [6.45, 7) is 3.16. The van der Waals surface area contributed by atoms with Crippen LogP contribution in [0.2, 0.25) is 0 Å². The molecule has 1 heterocycles. The molecule has 0 bridgehead atoms. The Kier molecular flexibility index (Phi) is 3.86. The van der Waals surface area contributed by atoms with Gasteiger partial charge in [0.2, 0.25) is 10.0 Å². The molecule has 2 rings (SSSR count). The number of benzene rings is 1. The van der Waals surface area contributed by atoms with Gasteiger partial charge < -0.3 is 5.73 Å². The molecule has 0 saturated heterocycles. The number of nitrogen functional groups attached to an aromatic ring is 1. The van der Waals surface area contributed by atoms with Crippen LogP contribution in [0.15, 0.2) is 30.3 Å². The summed E-state index contributed by atoms with van der Waals surface area (Å²) >= 11 is 0. The Balaban J connectivity index is 2.25. The molecule has 0 aliphatic carbocycles. The van der Waals surface area contributed by atoms with Gasteiger partial charge in [0.15, 0.2) is 5.25 Å². The van der Waals surface area contributed by atoms with Crippen LogP contribution in [0.25, 0.3) is 5.69 Å². The summed E-state index contributed by atoms with van der Waals surface area (Å²) in [7, 11) is -3.70. The number of nitrogens with zero attached hydrogens (tertiary/aromatic N) is 3. The molecule has 1 atom stereocenters. The van der Waals surface area contributed by atoms with Crippen molar-refractivity contribution in [2.75, 3.05) is 10.5 Å². The largest absolute Gasteiger partial charge is 0.384 e. The molecule has 0 spiro atoms. The molecule has 0 aliphatic rings. The van der Waals surface area contributed by atoms with E-state index < -0.39 is 15.3 Å². The van der Waals surface area contributed by atoms with E-state index in [9.17, 15) is 8.42 Å². The van der Waals surface area contributed by atoms with Crippen LogP contribution < -0.4 is 10.5 Å². The van der Waals surface area contributed by atoms with E-state index in [1.807, 2.05) is 6.92 Å². The molecule has 110 valence electrons. The number of sulfonamides is 1. The van der Waals surface area contributed by atoms with Gasteiger partial charge in [-0.15, -0.1) is 0 Å². The van der Waals surface area contributed by atoms with Crippen molar-refractivity contribution in [1.82, 2.24) is 9.78 Å². The second kappa shape index (κ2) is 5.46. The summed E-state index contributed by atoms with van der Waals surface area (Å²) in [6.07, 6.45) is 0. The molecule has 1 aromatic carbocycles. The van der Waals surface area contributed by atoms with E-state index in [0.29, 0.717) is 11.5 Å². The highest BCUT2D eigenvalue weighted by atomic mass is 32.2. The summed E-state index contributed by atoms with van der Waals surface area (Å²) < 4.78 is 27.5. The maximum absolute atomic E-state index is 11.8. The predicted molar refractivity (Wildman–Crippen MR) is 80.3 cm³/mol. The van der Waals surface area contributed by atoms with Gasteiger partial charge in [-0.25, -0.2) is 13.1 Å². The van der Waals surface area contributed by atoms with Gasteiger partial charge in [0.25, 0.3) is 0 Å². The zero-order chi connectivity index (χ0) is 15.6. The highest BCUT2D eigenvalue weighted by molar-refractivity contribution is 7.93. The van der Waals surface area contributed by atoms with Crippen molar-refractivity contribution in [2.24, 2.45) is 0 Å². The van der Waals surface area contributed by atoms with Crippen molar-refractivity contribution in [3.8, 4) is 11.8 Å². The number of aryl methyl sites for hydroxylation is 1. The zero-order valence-electron chi connectivity index (χ0n) is 11.6. The summed E-state index contributed by atoms with van der Waals surface area (Å²) in [5.74, 6) is 0.499. The summed E-state index contributed by atoms with van der Waals surface area (Å²) in [5, 5.41) is 11.8. The van der Waals surface area contributed by atoms with E-state index in [4.69, 9.17) is 11.0 Å². The monoisotopic (exact) mass is 305 g/mol. The normalized spacial score (nSPS) is 12.6. The van der Waals surface area contributed by atoms with Crippen LogP contribution in [0.3, 0.4) is 0 Å². The van der Waals surface area contributed by atoms with Crippen molar-refractivity contribution >= 4 is 21.5 Å². The Hall–Kier alpha value is -2.53. The van der Waals surface area contributed by atoms with Gasteiger partial charge in [-0.3, -0.25) is 4.72 Å². The number of aromatic nitrogens is 2. The molecule has 21 heavy (non-hydrogen) atoms. The number of nitriles is 1. The van der Waals surface area contributed by atoms with Gasteiger partial charge >= 0.3 is 0 Å². The quantitative estimate of drug-likeness (QED) is 0.886. The fourth-order valence-corrected chi connectivity index (χ4v) is 2.50. The number of rotatable bonds is 4. The van der Waals surface area contributed by atoms with Gasteiger partial charge in [0, 0.05) is 11.8 Å². The van der Waals surface area contributed by atoms with Crippen LogP contribution in [0, 0.1) is 18.3 Å². The Labute approximate surface area is 123 Å². The van der Waals surface area contributed by atoms with E-state index in [1.54, 1.807) is 41.1 Å². The van der Waals surface area contributed by atoms with E-state index in [2.05, 4.69) is 9.82 Å². The maximum atomic E-state index is 11.8. The van der Waals surface area contributed by atoms with E-state index >= 15 is 0 Å². The topological polar surface area (TPSA) is 114 Å². The molecule has 1 unspecified atom stereocenters. The first-order valence-electron chi connectivity index (χ1n) is 6.17. The molecular weight excluding hydrogens is 290 g/mol. The first kappa shape index (κ1) is 14.9. The van der Waals surface area contributed by atoms with Crippen LogP contribution >= 0.6 is 0 Å². The lowest BCUT2D eigenvalue weighted by Crippen LogP contribution is -2.23. The molecule has 0 amide bonds. The number of hydrogen-bond acceptors (Lipinski definition) is 5. The Morgan fingerprint density at radius 2 is 2.00 bits per heavy atom. The summed E-state index contributed by atoms with van der Waals surface area (Å²) in [4.78, 5) is 0. The van der Waals surface area contributed by atoms with Crippen molar-refractivity contribution in [3.05, 3.63) is 36.0 Å². The minimum atomic E-state index is -3.70. The fourth-order valence-electron chi connectivity index (χ4n) is 1.72. The second-order valence-electron chi connectivity index (χ2n) is 4.59. The van der Waals surface area contributed by atoms with Gasteiger partial charge in [-0.05, 0) is 38.1 Å². The van der Waals surface area contributed by atoms with Gasteiger partial charge in [0.1, 0.15) is 5.82 Å². The average Bonchev–Trinajstić information content (AvgIpc) is 2.77. The van der Waals surface area contributed by atoms with E-state index in [1.165, 1.54) is 6.92 Å². The molecule has 3 N–H and O–H groups in total. The molecule has 0 aliphatic heterocycles. The van der Waals surface area contributed by atoms with Crippen LogP contribution in [-0.2, 0) is 10.0 Å². The van der Waals surface area contributed by atoms with Gasteiger partial charge in [-0.1, -0.05) is 0 Å². The lowest BCUT2D eigenvalue weighted by molar-refractivity contribution is 0.597. The molecule has 0 fully saturated rings. The van der Waals surface area contributed by atoms with Crippen LogP contribution in [-0.4, -0.2) is 23.4 Å². The predicted octanol–water partition coefficient (Wildman–Crippen LogP) is 1.42. The number of hydrogen-bond donors (Lipinski definition) is 2. The maximum Gasteiger partial charge on any atom is 0.248 e. The minimum absolute atomic E-state index is 0.378. The second-order valence-corrected chi connectivity index (χ2v) is 6.59. The standard InChI is InChI=1S/C13H15N5O2S/c1-9-7-13(15)18(16-9)12-5-3-11(4-6-12)17-21(19,20)10(2)8-14/h3-7,10,17H,15H2,1-2H3. The first-order chi connectivity index (χ1) is 9.83. The van der Waals surface area contributed by atoms with Crippen molar-refractivity contribution in [3.63, 3.8) is 0 Å². The van der Waals surface area contributed by atoms with Crippen molar-refractivity contribution in [2.45, 2.75) is 19.1 Å². The van der Waals surface area contributed by atoms with Gasteiger partial charge in [0.05, 0.1) is 17.5 Å². The lowest BCUT2D eigenvalue weighted by Gasteiger charge is -2.10. The molecule has 0 saturated carbocycles. The zero-order valence-corrected chi connectivity index (χ0v) is 12.4.